The molecule has 0 unspecified atom stereocenters. The molecule has 1 heterocycles. The largest absolute Gasteiger partial charge is 0.508 e. The Morgan fingerprint density at radius 3 is 1.94 bits per heavy atom. The zero-order chi connectivity index (χ0) is 24.7. The number of fused-ring (bicyclic) bond motifs is 1. The fourth-order valence-electron chi connectivity index (χ4n) is 4.45. The summed E-state index contributed by atoms with van der Waals surface area (Å²) in [6.07, 6.45) is 2.94. The highest BCUT2D eigenvalue weighted by Crippen LogP contribution is 2.53. The Morgan fingerprint density at radius 2 is 1.26 bits per heavy atom. The summed E-state index contributed by atoms with van der Waals surface area (Å²) in [6.45, 7) is 0. The van der Waals surface area contributed by atoms with Crippen LogP contribution in [0.1, 0.15) is 39.8 Å². The molecule has 0 spiro atoms. The molecule has 7 heteroatoms. The van der Waals surface area contributed by atoms with Crippen molar-refractivity contribution in [3.05, 3.63) is 101 Å². The number of phenolic OH excluding ortho intramolecular Hbond substituents is 6. The Balaban J connectivity index is 1.68. The number of hydrogen-bond donors (Lipinski definition) is 6. The van der Waals surface area contributed by atoms with E-state index in [0.29, 0.717) is 28.0 Å². The summed E-state index contributed by atoms with van der Waals surface area (Å²) in [7, 11) is 0. The topological polar surface area (TPSA) is 131 Å². The van der Waals surface area contributed by atoms with Crippen LogP contribution in [0.3, 0.4) is 0 Å². The van der Waals surface area contributed by atoms with Crippen LogP contribution < -0.4 is 4.74 Å². The van der Waals surface area contributed by atoms with Gasteiger partial charge in [-0.3, -0.25) is 0 Å². The van der Waals surface area contributed by atoms with E-state index in [0.717, 1.165) is 5.56 Å². The van der Waals surface area contributed by atoms with Crippen molar-refractivity contribution in [1.82, 2.24) is 0 Å². The van der Waals surface area contributed by atoms with Crippen molar-refractivity contribution in [3.63, 3.8) is 0 Å². The molecule has 2 atom stereocenters. The van der Waals surface area contributed by atoms with Gasteiger partial charge in [0.05, 0.1) is 5.92 Å². The molecule has 0 saturated carbocycles. The highest BCUT2D eigenvalue weighted by molar-refractivity contribution is 5.75. The Kier molecular flexibility index (Phi) is 5.37. The second kappa shape index (κ2) is 8.53. The van der Waals surface area contributed by atoms with Crippen molar-refractivity contribution < 1.29 is 35.4 Å². The molecule has 5 rings (SSSR count). The Morgan fingerprint density at radius 1 is 0.571 bits per heavy atom. The quantitative estimate of drug-likeness (QED) is 0.175. The van der Waals surface area contributed by atoms with E-state index in [-0.39, 0.29) is 34.5 Å². The first-order valence-corrected chi connectivity index (χ1v) is 10.8. The van der Waals surface area contributed by atoms with E-state index in [1.54, 1.807) is 42.5 Å². The van der Waals surface area contributed by atoms with E-state index in [4.69, 9.17) is 4.74 Å². The Bertz CT molecular complexity index is 1420. The number of ether oxygens (including phenoxy) is 1. The highest BCUT2D eigenvalue weighted by atomic mass is 16.5. The van der Waals surface area contributed by atoms with Crippen molar-refractivity contribution in [2.24, 2.45) is 0 Å². The lowest BCUT2D eigenvalue weighted by molar-refractivity contribution is 0.221. The van der Waals surface area contributed by atoms with Crippen molar-refractivity contribution in [3.8, 4) is 40.2 Å². The first-order chi connectivity index (χ1) is 16.8. The summed E-state index contributed by atoms with van der Waals surface area (Å²) in [6, 6.07) is 18.4. The molecule has 4 aromatic rings. The van der Waals surface area contributed by atoms with Crippen molar-refractivity contribution in [2.45, 2.75) is 12.0 Å². The molecule has 0 aromatic heterocycles. The SMILES string of the molecule is Oc1ccc(C=Cc2cc(O)cc3c2[C@@H](c2cc(O)cc(O)c2)[C@H](c2ccc(O)c(O)c2)O3)cc1. The first-order valence-electron chi connectivity index (χ1n) is 10.8. The maximum absolute atomic E-state index is 10.4. The van der Waals surface area contributed by atoms with Crippen LogP contribution in [-0.4, -0.2) is 30.6 Å². The van der Waals surface area contributed by atoms with Gasteiger partial charge in [-0.1, -0.05) is 30.4 Å². The van der Waals surface area contributed by atoms with E-state index in [1.807, 2.05) is 6.08 Å². The average molecular weight is 470 g/mol. The van der Waals surface area contributed by atoms with Crippen molar-refractivity contribution in [2.75, 3.05) is 0 Å². The van der Waals surface area contributed by atoms with Gasteiger partial charge in [0.25, 0.3) is 0 Å². The lowest BCUT2D eigenvalue weighted by Crippen LogP contribution is -2.12. The molecular formula is C28H22O7. The summed E-state index contributed by atoms with van der Waals surface area (Å²) in [5.74, 6) is -0.826. The van der Waals surface area contributed by atoms with Crippen molar-refractivity contribution >= 4 is 12.2 Å². The molecule has 1 aliphatic heterocycles. The van der Waals surface area contributed by atoms with Crippen LogP contribution in [-0.2, 0) is 0 Å². The number of rotatable bonds is 4. The van der Waals surface area contributed by atoms with Crippen LogP contribution in [0.4, 0.5) is 0 Å². The molecule has 6 N–H and O–H groups in total. The second-order valence-electron chi connectivity index (χ2n) is 8.42. The monoisotopic (exact) mass is 470 g/mol. The minimum absolute atomic E-state index is 0.0131. The third kappa shape index (κ3) is 4.27. The molecular weight excluding hydrogens is 448 g/mol. The van der Waals surface area contributed by atoms with E-state index in [1.165, 1.54) is 36.4 Å². The van der Waals surface area contributed by atoms with E-state index in [9.17, 15) is 30.6 Å². The van der Waals surface area contributed by atoms with Gasteiger partial charge in [-0.05, 0) is 64.7 Å². The summed E-state index contributed by atoms with van der Waals surface area (Å²) in [4.78, 5) is 0. The van der Waals surface area contributed by atoms with Gasteiger partial charge < -0.3 is 35.4 Å². The second-order valence-corrected chi connectivity index (χ2v) is 8.42. The van der Waals surface area contributed by atoms with Gasteiger partial charge in [-0.2, -0.15) is 0 Å². The summed E-state index contributed by atoms with van der Waals surface area (Å²) < 4.78 is 6.24. The van der Waals surface area contributed by atoms with Gasteiger partial charge >= 0.3 is 0 Å². The number of hydrogen-bond acceptors (Lipinski definition) is 7. The smallest absolute Gasteiger partial charge is 0.157 e. The minimum Gasteiger partial charge on any atom is -0.508 e. The minimum atomic E-state index is -0.694. The van der Waals surface area contributed by atoms with E-state index >= 15 is 0 Å². The average Bonchev–Trinajstić information content (AvgIpc) is 3.19. The van der Waals surface area contributed by atoms with Gasteiger partial charge in [-0.25, -0.2) is 0 Å². The molecule has 0 radical (unpaired) electrons. The highest BCUT2D eigenvalue weighted by Gasteiger charge is 2.39. The first kappa shape index (κ1) is 22.0. The number of phenols is 6. The van der Waals surface area contributed by atoms with Crippen LogP contribution in [0, 0.1) is 0 Å². The molecule has 176 valence electrons. The summed E-state index contributed by atoms with van der Waals surface area (Å²) >= 11 is 0. The Labute approximate surface area is 200 Å². The molecule has 0 fully saturated rings. The van der Waals surface area contributed by atoms with Gasteiger partial charge in [0.1, 0.15) is 34.9 Å². The molecule has 4 aromatic carbocycles. The maximum Gasteiger partial charge on any atom is 0.157 e. The maximum atomic E-state index is 10.4. The standard InChI is InChI=1S/C28H22O7/c29-19-6-2-15(3-7-19)1-4-16-9-22(32)14-25-26(16)27(18-10-20(30)13-21(31)11-18)28(35-25)17-5-8-23(33)24(34)12-17/h1-14,27-34H/t27-,28+/m1/s1. The third-order valence-electron chi connectivity index (χ3n) is 5.99. The summed E-state index contributed by atoms with van der Waals surface area (Å²) in [5, 5.41) is 60.2. The molecule has 0 aliphatic carbocycles. The van der Waals surface area contributed by atoms with Gasteiger partial charge in [-0.15, -0.1) is 0 Å². The zero-order valence-corrected chi connectivity index (χ0v) is 18.3. The van der Waals surface area contributed by atoms with Gasteiger partial charge in [0.2, 0.25) is 0 Å². The number of benzene rings is 4. The van der Waals surface area contributed by atoms with Crippen LogP contribution in [0.2, 0.25) is 0 Å². The third-order valence-corrected chi connectivity index (χ3v) is 5.99. The van der Waals surface area contributed by atoms with Gasteiger partial charge in [0.15, 0.2) is 11.5 Å². The fraction of sp³-hybridized carbons (Fsp3) is 0.0714. The number of aromatic hydroxyl groups is 6. The van der Waals surface area contributed by atoms with Crippen LogP contribution in [0.5, 0.6) is 40.2 Å². The van der Waals surface area contributed by atoms with Crippen LogP contribution in [0.15, 0.2) is 72.8 Å². The molecule has 0 saturated heterocycles. The van der Waals surface area contributed by atoms with Crippen LogP contribution in [0.25, 0.3) is 12.2 Å². The van der Waals surface area contributed by atoms with E-state index < -0.39 is 12.0 Å². The van der Waals surface area contributed by atoms with Crippen molar-refractivity contribution in [1.29, 1.82) is 0 Å². The normalized spacial score (nSPS) is 16.8. The van der Waals surface area contributed by atoms with Gasteiger partial charge in [0, 0.05) is 17.7 Å². The summed E-state index contributed by atoms with van der Waals surface area (Å²) in [5.41, 5.74) is 3.29. The predicted molar refractivity (Wildman–Crippen MR) is 130 cm³/mol. The molecule has 1 aliphatic rings. The molecule has 0 bridgehead atoms. The van der Waals surface area contributed by atoms with Crippen LogP contribution >= 0.6 is 0 Å². The Hall–Kier alpha value is -4.78. The fourth-order valence-corrected chi connectivity index (χ4v) is 4.45. The predicted octanol–water partition coefficient (Wildman–Crippen LogP) is 5.36. The zero-order valence-electron chi connectivity index (χ0n) is 18.3. The molecule has 35 heavy (non-hydrogen) atoms. The molecule has 0 amide bonds. The van der Waals surface area contributed by atoms with E-state index in [2.05, 4.69) is 0 Å². The molecule has 7 nitrogen and oxygen atoms in total. The lowest BCUT2D eigenvalue weighted by Gasteiger charge is -2.21. The lowest BCUT2D eigenvalue weighted by atomic mass is 9.82.